The smallest absolute Gasteiger partial charge is 0.225 e. The Bertz CT molecular complexity index is 784. The van der Waals surface area contributed by atoms with E-state index in [0.717, 1.165) is 11.1 Å². The predicted octanol–water partition coefficient (Wildman–Crippen LogP) is 3.54. The van der Waals surface area contributed by atoms with Crippen molar-refractivity contribution >= 4 is 28.8 Å². The molecule has 2 aromatic heterocycles. The summed E-state index contributed by atoms with van der Waals surface area (Å²) in [6.45, 7) is 1.71. The molecule has 0 aliphatic rings. The third-order valence-electron chi connectivity index (χ3n) is 3.25. The molecule has 1 atom stereocenters. The second-order valence-corrected chi connectivity index (χ2v) is 6.25. The Morgan fingerprint density at radius 1 is 1.35 bits per heavy atom. The van der Waals surface area contributed by atoms with E-state index >= 15 is 0 Å². The number of nitrogens with zero attached hydrogens (tertiary/aromatic N) is 2. The number of rotatable bonds is 5. The zero-order valence-corrected chi connectivity index (χ0v) is 13.9. The Morgan fingerprint density at radius 3 is 2.74 bits per heavy atom. The SMILES string of the molecule is Cc1nc(C(NC(=O)Cc2ccsc2)c2ccc(Cl)cc2)no1. The van der Waals surface area contributed by atoms with Crippen LogP contribution in [-0.4, -0.2) is 16.0 Å². The number of carbonyl (C=O) groups is 1. The fourth-order valence-electron chi connectivity index (χ4n) is 2.18. The molecule has 1 aromatic carbocycles. The molecule has 118 valence electrons. The van der Waals surface area contributed by atoms with Gasteiger partial charge in [0.25, 0.3) is 0 Å². The van der Waals surface area contributed by atoms with Crippen LogP contribution in [0.3, 0.4) is 0 Å². The highest BCUT2D eigenvalue weighted by atomic mass is 35.5. The molecule has 0 fully saturated rings. The minimum atomic E-state index is -0.476. The summed E-state index contributed by atoms with van der Waals surface area (Å²) >= 11 is 7.49. The second kappa shape index (κ2) is 6.93. The summed E-state index contributed by atoms with van der Waals surface area (Å²) in [6.07, 6.45) is 0.310. The van der Waals surface area contributed by atoms with Crippen molar-refractivity contribution < 1.29 is 9.32 Å². The molecule has 5 nitrogen and oxygen atoms in total. The van der Waals surface area contributed by atoms with Crippen LogP contribution in [0.5, 0.6) is 0 Å². The zero-order chi connectivity index (χ0) is 16.2. The number of amides is 1. The van der Waals surface area contributed by atoms with Crippen molar-refractivity contribution in [2.45, 2.75) is 19.4 Å². The Labute approximate surface area is 142 Å². The fraction of sp³-hybridized carbons (Fsp3) is 0.188. The number of nitrogens with one attached hydrogen (secondary N) is 1. The van der Waals surface area contributed by atoms with Gasteiger partial charge in [0, 0.05) is 11.9 Å². The maximum atomic E-state index is 12.3. The van der Waals surface area contributed by atoms with E-state index in [2.05, 4.69) is 15.5 Å². The molecular weight excluding hydrogens is 334 g/mol. The molecule has 0 bridgehead atoms. The van der Waals surface area contributed by atoms with Gasteiger partial charge in [-0.25, -0.2) is 0 Å². The first-order valence-corrected chi connectivity index (χ1v) is 8.30. The summed E-state index contributed by atoms with van der Waals surface area (Å²) in [6, 6.07) is 8.66. The lowest BCUT2D eigenvalue weighted by molar-refractivity contribution is -0.121. The fourth-order valence-corrected chi connectivity index (χ4v) is 2.97. The van der Waals surface area contributed by atoms with Gasteiger partial charge in [-0.05, 0) is 40.1 Å². The summed E-state index contributed by atoms with van der Waals surface area (Å²) in [5.74, 6) is 0.764. The van der Waals surface area contributed by atoms with Gasteiger partial charge in [0.05, 0.1) is 6.42 Å². The van der Waals surface area contributed by atoms with Crippen molar-refractivity contribution in [2.75, 3.05) is 0 Å². The summed E-state index contributed by atoms with van der Waals surface area (Å²) in [5, 5.41) is 11.4. The van der Waals surface area contributed by atoms with Crippen LogP contribution in [0.1, 0.15) is 28.9 Å². The maximum Gasteiger partial charge on any atom is 0.225 e. The van der Waals surface area contributed by atoms with Crippen molar-refractivity contribution in [3.8, 4) is 0 Å². The monoisotopic (exact) mass is 347 g/mol. The van der Waals surface area contributed by atoms with E-state index in [0.29, 0.717) is 23.2 Å². The number of carbonyl (C=O) groups excluding carboxylic acids is 1. The van der Waals surface area contributed by atoms with E-state index in [1.807, 2.05) is 29.0 Å². The van der Waals surface area contributed by atoms with Gasteiger partial charge in [0.15, 0.2) is 5.82 Å². The highest BCUT2D eigenvalue weighted by Gasteiger charge is 2.22. The van der Waals surface area contributed by atoms with Gasteiger partial charge in [-0.15, -0.1) is 0 Å². The number of halogens is 1. The van der Waals surface area contributed by atoms with Gasteiger partial charge in [-0.3, -0.25) is 4.79 Å². The zero-order valence-electron chi connectivity index (χ0n) is 12.3. The maximum absolute atomic E-state index is 12.3. The molecule has 0 aliphatic heterocycles. The topological polar surface area (TPSA) is 68.0 Å². The lowest BCUT2D eigenvalue weighted by atomic mass is 10.1. The molecule has 0 saturated heterocycles. The first kappa shape index (κ1) is 15.7. The van der Waals surface area contributed by atoms with Crippen molar-refractivity contribution in [1.29, 1.82) is 0 Å². The standard InChI is InChI=1S/C16H14ClN3O2S/c1-10-18-16(20-22-10)15(12-2-4-13(17)5-3-12)19-14(21)8-11-6-7-23-9-11/h2-7,9,15H,8H2,1H3,(H,19,21). The largest absolute Gasteiger partial charge is 0.342 e. The van der Waals surface area contributed by atoms with Gasteiger partial charge in [0.1, 0.15) is 6.04 Å². The van der Waals surface area contributed by atoms with E-state index < -0.39 is 6.04 Å². The summed E-state index contributed by atoms with van der Waals surface area (Å²) in [5.41, 5.74) is 1.82. The van der Waals surface area contributed by atoms with Gasteiger partial charge in [-0.1, -0.05) is 28.9 Å². The molecule has 23 heavy (non-hydrogen) atoms. The van der Waals surface area contributed by atoms with Crippen LogP contribution in [0, 0.1) is 6.92 Å². The van der Waals surface area contributed by atoms with Gasteiger partial charge in [-0.2, -0.15) is 16.3 Å². The quantitative estimate of drug-likeness (QED) is 0.766. The molecular formula is C16H14ClN3O2S. The lowest BCUT2D eigenvalue weighted by Gasteiger charge is -2.16. The van der Waals surface area contributed by atoms with Crippen molar-refractivity contribution in [3.63, 3.8) is 0 Å². The Hall–Kier alpha value is -2.18. The summed E-state index contributed by atoms with van der Waals surface area (Å²) in [7, 11) is 0. The second-order valence-electron chi connectivity index (χ2n) is 5.03. The average molecular weight is 348 g/mol. The average Bonchev–Trinajstić information content (AvgIpc) is 3.17. The minimum absolute atomic E-state index is 0.106. The summed E-state index contributed by atoms with van der Waals surface area (Å²) in [4.78, 5) is 16.6. The number of aryl methyl sites for hydroxylation is 1. The van der Waals surface area contributed by atoms with Crippen LogP contribution in [0.2, 0.25) is 5.02 Å². The number of hydrogen-bond acceptors (Lipinski definition) is 5. The van der Waals surface area contributed by atoms with Gasteiger partial charge < -0.3 is 9.84 Å². The molecule has 1 amide bonds. The van der Waals surface area contributed by atoms with Crippen LogP contribution in [0.15, 0.2) is 45.6 Å². The third kappa shape index (κ3) is 3.97. The first-order valence-electron chi connectivity index (χ1n) is 6.98. The van der Waals surface area contributed by atoms with Crippen LogP contribution in [0.25, 0.3) is 0 Å². The number of benzene rings is 1. The number of hydrogen-bond donors (Lipinski definition) is 1. The van der Waals surface area contributed by atoms with Crippen LogP contribution >= 0.6 is 22.9 Å². The Morgan fingerprint density at radius 2 is 2.13 bits per heavy atom. The van der Waals surface area contributed by atoms with Crippen LogP contribution in [-0.2, 0) is 11.2 Å². The summed E-state index contributed by atoms with van der Waals surface area (Å²) < 4.78 is 5.04. The van der Waals surface area contributed by atoms with Crippen molar-refractivity contribution in [1.82, 2.24) is 15.5 Å². The van der Waals surface area contributed by atoms with Gasteiger partial charge in [0.2, 0.25) is 11.8 Å². The van der Waals surface area contributed by atoms with E-state index in [4.69, 9.17) is 16.1 Å². The van der Waals surface area contributed by atoms with E-state index in [9.17, 15) is 4.79 Å². The lowest BCUT2D eigenvalue weighted by Crippen LogP contribution is -2.31. The predicted molar refractivity (Wildman–Crippen MR) is 88.5 cm³/mol. The molecule has 1 unspecified atom stereocenters. The number of thiophene rings is 1. The highest BCUT2D eigenvalue weighted by molar-refractivity contribution is 7.08. The molecule has 0 aliphatic carbocycles. The molecule has 0 radical (unpaired) electrons. The molecule has 3 rings (SSSR count). The minimum Gasteiger partial charge on any atom is -0.342 e. The Kier molecular flexibility index (Phi) is 4.73. The van der Waals surface area contributed by atoms with E-state index in [-0.39, 0.29) is 5.91 Å². The van der Waals surface area contributed by atoms with Crippen LogP contribution < -0.4 is 5.32 Å². The van der Waals surface area contributed by atoms with E-state index in [1.165, 1.54) is 0 Å². The van der Waals surface area contributed by atoms with Crippen molar-refractivity contribution in [3.05, 3.63) is 69.0 Å². The normalized spacial score (nSPS) is 12.1. The number of aromatic nitrogens is 2. The molecule has 3 aromatic rings. The molecule has 7 heteroatoms. The molecule has 2 heterocycles. The molecule has 1 N–H and O–H groups in total. The Balaban J connectivity index is 1.83. The van der Waals surface area contributed by atoms with Crippen molar-refractivity contribution in [2.24, 2.45) is 0 Å². The molecule has 0 saturated carbocycles. The van der Waals surface area contributed by atoms with Crippen LogP contribution in [0.4, 0.5) is 0 Å². The first-order chi connectivity index (χ1) is 11.1. The third-order valence-corrected chi connectivity index (χ3v) is 4.24. The van der Waals surface area contributed by atoms with Gasteiger partial charge >= 0.3 is 0 Å². The van der Waals surface area contributed by atoms with E-state index in [1.54, 1.807) is 30.4 Å². The molecule has 0 spiro atoms. The highest BCUT2D eigenvalue weighted by Crippen LogP contribution is 2.22.